The molecule has 1 atom stereocenters. The number of hydrogen-bond acceptors (Lipinski definition) is 5. The summed E-state index contributed by atoms with van der Waals surface area (Å²) < 4.78 is 5.12. The van der Waals surface area contributed by atoms with Gasteiger partial charge in [-0.2, -0.15) is 0 Å². The van der Waals surface area contributed by atoms with Crippen LogP contribution in [0.3, 0.4) is 0 Å². The van der Waals surface area contributed by atoms with E-state index in [1.165, 1.54) is 23.7 Å². The Morgan fingerprint density at radius 3 is 2.95 bits per heavy atom. The van der Waals surface area contributed by atoms with Crippen molar-refractivity contribution >= 4 is 29.2 Å². The third kappa shape index (κ3) is 4.85. The third-order valence-electron chi connectivity index (χ3n) is 2.81. The van der Waals surface area contributed by atoms with Crippen molar-refractivity contribution in [2.24, 2.45) is 0 Å². The molecule has 1 unspecified atom stereocenters. The van der Waals surface area contributed by atoms with E-state index in [1.54, 1.807) is 25.1 Å². The normalized spacial score (nSPS) is 12.3. The molecule has 0 aliphatic heterocycles. The summed E-state index contributed by atoms with van der Waals surface area (Å²) in [7, 11) is 0. The second-order valence-corrected chi connectivity index (χ2v) is 5.71. The van der Waals surface area contributed by atoms with Gasteiger partial charge in [-0.05, 0) is 32.1 Å². The maximum atomic E-state index is 11.8. The van der Waals surface area contributed by atoms with Gasteiger partial charge in [0.15, 0.2) is 0 Å². The van der Waals surface area contributed by atoms with E-state index in [2.05, 4.69) is 15.6 Å². The lowest BCUT2D eigenvalue weighted by Gasteiger charge is -2.12. The number of thiazole rings is 1. The highest BCUT2D eigenvalue weighted by molar-refractivity contribution is 7.09. The number of hydrogen-bond donors (Lipinski definition) is 2. The van der Waals surface area contributed by atoms with E-state index >= 15 is 0 Å². The summed E-state index contributed by atoms with van der Waals surface area (Å²) in [5.74, 6) is 0.0413. The van der Waals surface area contributed by atoms with Crippen molar-refractivity contribution in [2.45, 2.75) is 26.4 Å². The van der Waals surface area contributed by atoms with Crippen molar-refractivity contribution in [3.8, 4) is 0 Å². The van der Waals surface area contributed by atoms with Crippen LogP contribution in [0.15, 0.2) is 34.3 Å². The highest BCUT2D eigenvalue weighted by Gasteiger charge is 2.14. The molecule has 0 spiro atoms. The molecule has 2 N–H and O–H groups in total. The first kappa shape index (κ1) is 16.0. The molecule has 6 nitrogen and oxygen atoms in total. The Bertz CT molecular complexity index is 661. The van der Waals surface area contributed by atoms with Gasteiger partial charge in [-0.25, -0.2) is 4.98 Å². The lowest BCUT2D eigenvalue weighted by Crippen LogP contribution is -2.44. The summed E-state index contributed by atoms with van der Waals surface area (Å²) >= 11 is 1.51. The van der Waals surface area contributed by atoms with Crippen LogP contribution in [-0.2, 0) is 16.1 Å². The summed E-state index contributed by atoms with van der Waals surface area (Å²) in [6, 6.07) is 2.88. The summed E-state index contributed by atoms with van der Waals surface area (Å²) in [5, 5.41) is 8.07. The molecule has 7 heteroatoms. The van der Waals surface area contributed by atoms with Crippen LogP contribution in [0.5, 0.6) is 0 Å². The minimum atomic E-state index is -0.635. The number of rotatable bonds is 6. The summed E-state index contributed by atoms with van der Waals surface area (Å²) in [6.45, 7) is 3.81. The van der Waals surface area contributed by atoms with Gasteiger partial charge in [0.1, 0.15) is 11.8 Å². The van der Waals surface area contributed by atoms with Crippen molar-refractivity contribution in [1.29, 1.82) is 0 Å². The average Bonchev–Trinajstić information content (AvgIpc) is 3.14. The fourth-order valence-electron chi connectivity index (χ4n) is 1.69. The Morgan fingerprint density at radius 1 is 1.50 bits per heavy atom. The number of nitrogens with one attached hydrogen (secondary N) is 2. The Hall–Kier alpha value is -2.41. The number of aryl methyl sites for hydroxylation is 1. The lowest BCUT2D eigenvalue weighted by molar-refractivity contribution is -0.126. The maximum absolute atomic E-state index is 11.8. The van der Waals surface area contributed by atoms with Gasteiger partial charge in [0.25, 0.3) is 0 Å². The largest absolute Gasteiger partial charge is 0.467 e. The van der Waals surface area contributed by atoms with Gasteiger partial charge in [0, 0.05) is 11.5 Å². The van der Waals surface area contributed by atoms with Gasteiger partial charge in [0.05, 0.1) is 23.5 Å². The number of amides is 2. The lowest BCUT2D eigenvalue weighted by atomic mass is 10.3. The van der Waals surface area contributed by atoms with Gasteiger partial charge in [-0.1, -0.05) is 0 Å². The van der Waals surface area contributed by atoms with Gasteiger partial charge < -0.3 is 15.1 Å². The molecule has 0 aromatic carbocycles. The zero-order valence-electron chi connectivity index (χ0n) is 12.3. The second-order valence-electron chi connectivity index (χ2n) is 4.65. The van der Waals surface area contributed by atoms with Crippen LogP contribution in [0, 0.1) is 6.92 Å². The molecule has 0 saturated heterocycles. The van der Waals surface area contributed by atoms with Crippen molar-refractivity contribution < 1.29 is 14.0 Å². The van der Waals surface area contributed by atoms with E-state index in [0.29, 0.717) is 12.3 Å². The first-order valence-corrected chi connectivity index (χ1v) is 7.63. The minimum absolute atomic E-state index is 0.275. The maximum Gasteiger partial charge on any atom is 0.244 e. The van der Waals surface area contributed by atoms with E-state index < -0.39 is 6.04 Å². The first-order valence-electron chi connectivity index (χ1n) is 6.75. The van der Waals surface area contributed by atoms with Crippen molar-refractivity contribution in [3.05, 3.63) is 46.3 Å². The van der Waals surface area contributed by atoms with E-state index in [-0.39, 0.29) is 11.8 Å². The molecule has 2 heterocycles. The monoisotopic (exact) mass is 319 g/mol. The van der Waals surface area contributed by atoms with Crippen LogP contribution in [0.25, 0.3) is 6.08 Å². The Labute approximate surface area is 132 Å². The quantitative estimate of drug-likeness (QED) is 0.796. The van der Waals surface area contributed by atoms with Crippen LogP contribution < -0.4 is 10.6 Å². The number of aromatic nitrogens is 1. The van der Waals surface area contributed by atoms with E-state index in [0.717, 1.165) is 10.7 Å². The van der Waals surface area contributed by atoms with Crippen molar-refractivity contribution in [3.63, 3.8) is 0 Å². The second kappa shape index (κ2) is 7.56. The topological polar surface area (TPSA) is 84.2 Å². The molecule has 22 heavy (non-hydrogen) atoms. The fourth-order valence-corrected chi connectivity index (χ4v) is 2.27. The zero-order valence-corrected chi connectivity index (χ0v) is 13.1. The Kier molecular flexibility index (Phi) is 5.48. The number of nitrogens with zero attached hydrogens (tertiary/aromatic N) is 1. The Morgan fingerprint density at radius 2 is 2.32 bits per heavy atom. The van der Waals surface area contributed by atoms with Crippen LogP contribution in [-0.4, -0.2) is 22.8 Å². The molecule has 2 rings (SSSR count). The first-order chi connectivity index (χ1) is 10.5. The molecule has 0 bridgehead atoms. The van der Waals surface area contributed by atoms with Gasteiger partial charge in [-0.3, -0.25) is 9.59 Å². The highest BCUT2D eigenvalue weighted by atomic mass is 32.1. The highest BCUT2D eigenvalue weighted by Crippen LogP contribution is 2.08. The SMILES string of the molecule is Cc1nc(/C=C/C(=O)NC(C)C(=O)NCc2ccco2)cs1. The molecule has 0 aliphatic carbocycles. The molecular weight excluding hydrogens is 302 g/mol. The average molecular weight is 319 g/mol. The Balaban J connectivity index is 1.77. The molecule has 2 aromatic rings. The summed E-state index contributed by atoms with van der Waals surface area (Å²) in [5.41, 5.74) is 0.729. The minimum Gasteiger partial charge on any atom is -0.467 e. The molecular formula is C15H17N3O3S. The molecule has 116 valence electrons. The van der Waals surface area contributed by atoms with Crippen LogP contribution in [0.1, 0.15) is 23.4 Å². The van der Waals surface area contributed by atoms with E-state index in [9.17, 15) is 9.59 Å². The van der Waals surface area contributed by atoms with Gasteiger partial charge in [-0.15, -0.1) is 11.3 Å². The van der Waals surface area contributed by atoms with E-state index in [1.807, 2.05) is 12.3 Å². The predicted molar refractivity (Wildman–Crippen MR) is 84.0 cm³/mol. The number of carbonyl (C=O) groups is 2. The predicted octanol–water partition coefficient (Wildman–Crippen LogP) is 1.88. The molecule has 0 saturated carbocycles. The molecule has 2 aromatic heterocycles. The summed E-state index contributed by atoms with van der Waals surface area (Å²) in [4.78, 5) is 27.8. The van der Waals surface area contributed by atoms with E-state index in [4.69, 9.17) is 4.42 Å². The van der Waals surface area contributed by atoms with Crippen LogP contribution in [0.2, 0.25) is 0 Å². The van der Waals surface area contributed by atoms with Crippen molar-refractivity contribution in [2.75, 3.05) is 0 Å². The third-order valence-corrected chi connectivity index (χ3v) is 3.60. The molecule has 0 aliphatic rings. The number of carbonyl (C=O) groups excluding carboxylic acids is 2. The smallest absolute Gasteiger partial charge is 0.244 e. The fraction of sp³-hybridized carbons (Fsp3) is 0.267. The standard InChI is InChI=1S/C15H17N3O3S/c1-10(15(20)16-8-13-4-3-7-21-13)17-14(19)6-5-12-9-22-11(2)18-12/h3-7,9-10H,8H2,1-2H3,(H,16,20)(H,17,19)/b6-5+. The molecule has 0 fully saturated rings. The molecule has 0 radical (unpaired) electrons. The van der Waals surface area contributed by atoms with Gasteiger partial charge >= 0.3 is 0 Å². The van der Waals surface area contributed by atoms with Gasteiger partial charge in [0.2, 0.25) is 11.8 Å². The summed E-state index contributed by atoms with van der Waals surface area (Å²) in [6.07, 6.45) is 4.52. The van der Waals surface area contributed by atoms with Crippen LogP contribution in [0.4, 0.5) is 0 Å². The number of furan rings is 1. The van der Waals surface area contributed by atoms with Crippen molar-refractivity contribution in [1.82, 2.24) is 15.6 Å². The molecule has 2 amide bonds. The van der Waals surface area contributed by atoms with Crippen LogP contribution >= 0.6 is 11.3 Å². The zero-order chi connectivity index (χ0) is 15.9.